The van der Waals surface area contributed by atoms with Crippen LogP contribution in [0.4, 0.5) is 15.9 Å². The van der Waals surface area contributed by atoms with Crippen LogP contribution in [-0.2, 0) is 4.79 Å². The van der Waals surface area contributed by atoms with Gasteiger partial charge in [0.05, 0.1) is 12.8 Å². The van der Waals surface area contributed by atoms with E-state index in [0.29, 0.717) is 45.1 Å². The summed E-state index contributed by atoms with van der Waals surface area (Å²) in [4.78, 5) is 28.4. The van der Waals surface area contributed by atoms with Gasteiger partial charge in [-0.2, -0.15) is 0 Å². The molecule has 3 aromatic heterocycles. The number of rotatable bonds is 7. The first kappa shape index (κ1) is 24.4. The quantitative estimate of drug-likeness (QED) is 0.297. The SMILES string of the molecule is C=CC(=O)Nc1ccc(-c2c(OC)c3ncnc(N)c3n2-c2ccc(Oc3nccc(C)n3)c(F)c2)cc1. The molecule has 3 heterocycles. The van der Waals surface area contributed by atoms with Crippen molar-refractivity contribution in [1.29, 1.82) is 0 Å². The lowest BCUT2D eigenvalue weighted by molar-refractivity contribution is -0.111. The Balaban J connectivity index is 1.66. The lowest BCUT2D eigenvalue weighted by Gasteiger charge is -2.14. The van der Waals surface area contributed by atoms with Gasteiger partial charge in [-0.25, -0.2) is 24.3 Å². The van der Waals surface area contributed by atoms with Crippen LogP contribution in [0.2, 0.25) is 0 Å². The monoisotopic (exact) mass is 511 g/mol. The Morgan fingerprint density at radius 1 is 1.13 bits per heavy atom. The van der Waals surface area contributed by atoms with Crippen molar-refractivity contribution in [3.8, 4) is 34.5 Å². The number of carbonyl (C=O) groups excluding carboxylic acids is 1. The van der Waals surface area contributed by atoms with Crippen molar-refractivity contribution in [3.05, 3.63) is 85.2 Å². The normalized spacial score (nSPS) is 10.8. The van der Waals surface area contributed by atoms with Gasteiger partial charge in [0.25, 0.3) is 0 Å². The summed E-state index contributed by atoms with van der Waals surface area (Å²) in [6, 6.07) is 13.2. The van der Waals surface area contributed by atoms with E-state index in [1.165, 1.54) is 37.8 Å². The number of nitrogens with two attached hydrogens (primary N) is 1. The fourth-order valence-electron chi connectivity index (χ4n) is 4.01. The highest BCUT2D eigenvalue weighted by Gasteiger charge is 2.25. The largest absolute Gasteiger partial charge is 0.492 e. The zero-order chi connectivity index (χ0) is 26.8. The van der Waals surface area contributed by atoms with E-state index in [1.54, 1.807) is 47.9 Å². The van der Waals surface area contributed by atoms with Gasteiger partial charge in [0.1, 0.15) is 17.4 Å². The number of nitrogens with one attached hydrogen (secondary N) is 1. The minimum atomic E-state index is -0.641. The number of carbonyl (C=O) groups is 1. The number of hydrogen-bond acceptors (Lipinski definition) is 8. The van der Waals surface area contributed by atoms with Crippen LogP contribution >= 0.6 is 0 Å². The third-order valence-electron chi connectivity index (χ3n) is 5.69. The standard InChI is InChI=1S/C27H22FN7O3/c1-4-21(36)34-17-7-5-16(6-8-17)23-25(37-3)22-24(26(29)32-14-31-22)35(23)18-9-10-20(19(28)13-18)38-27-30-12-11-15(2)33-27/h4-14H,1H2,2-3H3,(H,34,36)(H2,29,31,32). The number of benzene rings is 2. The van der Waals surface area contributed by atoms with Gasteiger partial charge in [0.15, 0.2) is 23.1 Å². The van der Waals surface area contributed by atoms with E-state index in [2.05, 4.69) is 31.8 Å². The highest BCUT2D eigenvalue weighted by molar-refractivity contribution is 6.00. The van der Waals surface area contributed by atoms with Crippen molar-refractivity contribution >= 4 is 28.4 Å². The van der Waals surface area contributed by atoms with E-state index in [0.717, 1.165) is 0 Å². The predicted molar refractivity (Wildman–Crippen MR) is 141 cm³/mol. The van der Waals surface area contributed by atoms with E-state index in [1.807, 2.05) is 0 Å². The summed E-state index contributed by atoms with van der Waals surface area (Å²) >= 11 is 0. The smallest absolute Gasteiger partial charge is 0.322 e. The predicted octanol–water partition coefficient (Wildman–Crippen LogP) is 4.83. The zero-order valence-electron chi connectivity index (χ0n) is 20.5. The maximum atomic E-state index is 15.3. The third-order valence-corrected chi connectivity index (χ3v) is 5.69. The van der Waals surface area contributed by atoms with E-state index in [-0.39, 0.29) is 23.5 Å². The van der Waals surface area contributed by atoms with Gasteiger partial charge in [0.2, 0.25) is 5.91 Å². The van der Waals surface area contributed by atoms with E-state index in [9.17, 15) is 4.79 Å². The summed E-state index contributed by atoms with van der Waals surface area (Å²) in [5, 5.41) is 2.71. The van der Waals surface area contributed by atoms with E-state index < -0.39 is 5.82 Å². The molecule has 5 aromatic rings. The number of fused-ring (bicyclic) bond motifs is 1. The van der Waals surface area contributed by atoms with Crippen LogP contribution in [0.15, 0.2) is 73.7 Å². The molecule has 1 amide bonds. The molecule has 0 aliphatic carbocycles. The first-order valence-electron chi connectivity index (χ1n) is 11.4. The number of methoxy groups -OCH3 is 1. The fourth-order valence-corrected chi connectivity index (χ4v) is 4.01. The van der Waals surface area contributed by atoms with Crippen molar-refractivity contribution in [2.75, 3.05) is 18.2 Å². The van der Waals surface area contributed by atoms with Gasteiger partial charge in [-0.15, -0.1) is 0 Å². The second kappa shape index (κ2) is 9.97. The zero-order valence-corrected chi connectivity index (χ0v) is 20.5. The lowest BCUT2D eigenvalue weighted by Crippen LogP contribution is -2.07. The molecular weight excluding hydrogens is 489 g/mol. The highest BCUT2D eigenvalue weighted by Crippen LogP contribution is 2.43. The van der Waals surface area contributed by atoms with Crippen LogP contribution in [-0.4, -0.2) is 37.5 Å². The number of ether oxygens (including phenoxy) is 2. The molecule has 0 saturated carbocycles. The summed E-state index contributed by atoms with van der Waals surface area (Å²) in [6.45, 7) is 5.24. The highest BCUT2D eigenvalue weighted by atomic mass is 19.1. The number of halogens is 1. The van der Waals surface area contributed by atoms with Crippen molar-refractivity contribution < 1.29 is 18.7 Å². The third kappa shape index (κ3) is 4.48. The molecule has 0 spiro atoms. The van der Waals surface area contributed by atoms with Crippen LogP contribution in [0.1, 0.15) is 5.69 Å². The first-order chi connectivity index (χ1) is 18.4. The molecule has 38 heavy (non-hydrogen) atoms. The summed E-state index contributed by atoms with van der Waals surface area (Å²) in [7, 11) is 1.51. The first-order valence-corrected chi connectivity index (χ1v) is 11.4. The van der Waals surface area contributed by atoms with Crippen molar-refractivity contribution in [2.45, 2.75) is 6.92 Å². The number of nitrogen functional groups attached to an aromatic ring is 1. The van der Waals surface area contributed by atoms with Crippen molar-refractivity contribution in [1.82, 2.24) is 24.5 Å². The second-order valence-electron chi connectivity index (χ2n) is 8.14. The average Bonchev–Trinajstić information content (AvgIpc) is 3.26. The number of hydrogen-bond donors (Lipinski definition) is 2. The Hall–Kier alpha value is -5.32. The van der Waals surface area contributed by atoms with E-state index >= 15 is 4.39 Å². The van der Waals surface area contributed by atoms with Crippen molar-refractivity contribution in [3.63, 3.8) is 0 Å². The maximum absolute atomic E-state index is 15.3. The van der Waals surface area contributed by atoms with Gasteiger partial charge < -0.3 is 25.1 Å². The molecule has 3 N–H and O–H groups in total. The summed E-state index contributed by atoms with van der Waals surface area (Å²) < 4.78 is 28.3. The Kier molecular flexibility index (Phi) is 6.40. The Morgan fingerprint density at radius 2 is 1.92 bits per heavy atom. The molecule has 0 fully saturated rings. The molecule has 0 saturated heterocycles. The number of nitrogens with zero attached hydrogens (tertiary/aromatic N) is 5. The van der Waals surface area contributed by atoms with Gasteiger partial charge in [-0.3, -0.25) is 4.79 Å². The van der Waals surface area contributed by atoms with Gasteiger partial charge in [-0.1, -0.05) is 18.7 Å². The van der Waals surface area contributed by atoms with Gasteiger partial charge in [-0.05, 0) is 43.3 Å². The lowest BCUT2D eigenvalue weighted by atomic mass is 10.1. The van der Waals surface area contributed by atoms with Crippen LogP contribution in [0.5, 0.6) is 17.5 Å². The molecule has 0 unspecified atom stereocenters. The minimum Gasteiger partial charge on any atom is -0.492 e. The molecule has 11 heteroatoms. The number of amides is 1. The molecule has 0 atom stereocenters. The summed E-state index contributed by atoms with van der Waals surface area (Å²) in [5.74, 6) is -0.413. The fraction of sp³-hybridized carbons (Fsp3) is 0.0741. The molecule has 190 valence electrons. The number of aromatic nitrogens is 5. The maximum Gasteiger partial charge on any atom is 0.322 e. The Bertz CT molecular complexity index is 1680. The summed E-state index contributed by atoms with van der Waals surface area (Å²) in [6.07, 6.45) is 4.05. The average molecular weight is 512 g/mol. The molecule has 0 aliphatic heterocycles. The number of anilines is 2. The summed E-state index contributed by atoms with van der Waals surface area (Å²) in [5.41, 5.74) is 10.1. The van der Waals surface area contributed by atoms with Crippen LogP contribution < -0.4 is 20.5 Å². The second-order valence-corrected chi connectivity index (χ2v) is 8.14. The van der Waals surface area contributed by atoms with Crippen LogP contribution in [0, 0.1) is 12.7 Å². The molecule has 0 bridgehead atoms. The molecular formula is C27H22FN7O3. The molecule has 5 rings (SSSR count). The van der Waals surface area contributed by atoms with Crippen LogP contribution in [0.3, 0.4) is 0 Å². The topological polar surface area (TPSA) is 130 Å². The molecule has 0 radical (unpaired) electrons. The molecule has 0 aliphatic rings. The van der Waals surface area contributed by atoms with Gasteiger partial charge >= 0.3 is 6.01 Å². The Labute approximate surface area is 216 Å². The van der Waals surface area contributed by atoms with Crippen LogP contribution in [0.25, 0.3) is 28.0 Å². The molecule has 2 aromatic carbocycles. The number of aryl methyl sites for hydroxylation is 1. The molecule has 10 nitrogen and oxygen atoms in total. The van der Waals surface area contributed by atoms with E-state index in [4.69, 9.17) is 15.2 Å². The minimum absolute atomic E-state index is 0.0340. The van der Waals surface area contributed by atoms with Gasteiger partial charge in [0, 0.05) is 34.9 Å². The Morgan fingerprint density at radius 3 is 2.61 bits per heavy atom. The van der Waals surface area contributed by atoms with Crippen molar-refractivity contribution in [2.24, 2.45) is 0 Å².